The molecule has 2 atom stereocenters. The van der Waals surface area contributed by atoms with Crippen LogP contribution in [0.2, 0.25) is 0 Å². The van der Waals surface area contributed by atoms with Crippen molar-refractivity contribution in [3.63, 3.8) is 0 Å². The van der Waals surface area contributed by atoms with Crippen LogP contribution in [0.5, 0.6) is 0 Å². The lowest BCUT2D eigenvalue weighted by atomic mass is 9.98. The minimum Gasteiger partial charge on any atom is -0.332 e. The summed E-state index contributed by atoms with van der Waals surface area (Å²) in [6.45, 7) is 14.9. The van der Waals surface area contributed by atoms with E-state index in [2.05, 4.69) is 56.6 Å². The molecule has 0 amide bonds. The number of carbonyl (C=O) groups is 1. The second kappa shape index (κ2) is 9.69. The monoisotopic (exact) mass is 408 g/mol. The van der Waals surface area contributed by atoms with Gasteiger partial charge in [-0.1, -0.05) is 32.0 Å². The lowest BCUT2D eigenvalue weighted by molar-refractivity contribution is -0.116. The maximum absolute atomic E-state index is 11.4. The van der Waals surface area contributed by atoms with Crippen molar-refractivity contribution in [1.82, 2.24) is 14.9 Å². The van der Waals surface area contributed by atoms with E-state index in [1.165, 1.54) is 0 Å². The van der Waals surface area contributed by atoms with Crippen LogP contribution in [-0.4, -0.2) is 51.9 Å². The van der Waals surface area contributed by atoms with Crippen LogP contribution in [0, 0.1) is 6.92 Å². The Kier molecular flexibility index (Phi) is 7.24. The van der Waals surface area contributed by atoms with Crippen molar-refractivity contribution in [3.8, 4) is 11.1 Å². The summed E-state index contributed by atoms with van der Waals surface area (Å²) < 4.78 is 0. The molecule has 1 fully saturated rings. The summed E-state index contributed by atoms with van der Waals surface area (Å²) in [6.07, 6.45) is 6.55. The first-order chi connectivity index (χ1) is 14.3. The maximum atomic E-state index is 11.4. The van der Waals surface area contributed by atoms with Crippen LogP contribution in [-0.2, 0) is 11.2 Å². The molecule has 5 nitrogen and oxygen atoms in total. The van der Waals surface area contributed by atoms with E-state index in [-0.39, 0.29) is 5.78 Å². The Morgan fingerprint density at radius 1 is 1.10 bits per heavy atom. The van der Waals surface area contributed by atoms with E-state index in [0.29, 0.717) is 24.5 Å². The zero-order valence-corrected chi connectivity index (χ0v) is 19.4. The zero-order chi connectivity index (χ0) is 21.8. The van der Waals surface area contributed by atoms with Gasteiger partial charge >= 0.3 is 0 Å². The summed E-state index contributed by atoms with van der Waals surface area (Å²) in [4.78, 5) is 26.0. The van der Waals surface area contributed by atoms with Crippen molar-refractivity contribution < 1.29 is 4.79 Å². The van der Waals surface area contributed by atoms with Gasteiger partial charge in [-0.15, -0.1) is 0 Å². The second-order valence-corrected chi connectivity index (χ2v) is 8.88. The number of carbonyl (C=O) groups excluding carboxylic acids is 1. The van der Waals surface area contributed by atoms with Crippen molar-refractivity contribution >= 4 is 11.7 Å². The van der Waals surface area contributed by atoms with E-state index in [0.717, 1.165) is 54.1 Å². The fourth-order valence-electron chi connectivity index (χ4n) is 4.53. The topological polar surface area (TPSA) is 49.3 Å². The molecule has 30 heavy (non-hydrogen) atoms. The molecule has 0 N–H and O–H groups in total. The molecule has 0 aliphatic carbocycles. The molecule has 0 saturated carbocycles. The largest absolute Gasteiger partial charge is 0.332 e. The molecule has 0 radical (unpaired) electrons. The van der Waals surface area contributed by atoms with Crippen molar-refractivity contribution in [2.75, 3.05) is 18.0 Å². The minimum atomic E-state index is 0.184. The number of hydrogen-bond acceptors (Lipinski definition) is 5. The molecule has 2 unspecified atom stereocenters. The molecule has 2 heterocycles. The average molecular weight is 409 g/mol. The normalized spacial score (nSPS) is 20.0. The third kappa shape index (κ3) is 4.89. The highest BCUT2D eigenvalue weighted by molar-refractivity contribution is 5.78. The lowest BCUT2D eigenvalue weighted by Crippen LogP contribution is -2.60. The van der Waals surface area contributed by atoms with Gasteiger partial charge < -0.3 is 4.90 Å². The van der Waals surface area contributed by atoms with Gasteiger partial charge in [0.1, 0.15) is 5.78 Å². The molecule has 1 saturated heterocycles. The van der Waals surface area contributed by atoms with Crippen molar-refractivity contribution in [1.29, 1.82) is 0 Å². The summed E-state index contributed by atoms with van der Waals surface area (Å²) in [6, 6.07) is 7.64. The Morgan fingerprint density at radius 2 is 1.70 bits per heavy atom. The fraction of sp³-hybridized carbons (Fsp3) is 0.560. The molecular weight excluding hydrogens is 372 g/mol. The van der Waals surface area contributed by atoms with Crippen LogP contribution in [0.1, 0.15) is 58.6 Å². The number of ketones is 1. The molecule has 2 aromatic rings. The molecule has 0 spiro atoms. The number of aromatic nitrogens is 2. The fourth-order valence-corrected chi connectivity index (χ4v) is 4.53. The first-order valence-corrected chi connectivity index (χ1v) is 11.3. The minimum absolute atomic E-state index is 0.184. The van der Waals surface area contributed by atoms with Crippen LogP contribution >= 0.6 is 0 Å². The van der Waals surface area contributed by atoms with Gasteiger partial charge in [0.05, 0.1) is 0 Å². The molecular formula is C25H36N4O. The Hall–Kier alpha value is -2.27. The van der Waals surface area contributed by atoms with Crippen molar-refractivity contribution in [3.05, 3.63) is 41.7 Å². The van der Waals surface area contributed by atoms with E-state index >= 15 is 0 Å². The third-order valence-electron chi connectivity index (χ3n) is 6.27. The van der Waals surface area contributed by atoms with E-state index in [4.69, 9.17) is 9.97 Å². The Balaban J connectivity index is 1.85. The van der Waals surface area contributed by atoms with Gasteiger partial charge in [-0.2, -0.15) is 0 Å². The zero-order valence-electron chi connectivity index (χ0n) is 19.4. The van der Waals surface area contributed by atoms with E-state index in [9.17, 15) is 4.79 Å². The molecule has 0 bridgehead atoms. The van der Waals surface area contributed by atoms with Crippen molar-refractivity contribution in [2.24, 2.45) is 0 Å². The van der Waals surface area contributed by atoms with Crippen LogP contribution in [0.3, 0.4) is 0 Å². The molecule has 3 rings (SSSR count). The molecule has 162 valence electrons. The molecule has 1 aromatic carbocycles. The van der Waals surface area contributed by atoms with Gasteiger partial charge in [-0.3, -0.25) is 9.69 Å². The van der Waals surface area contributed by atoms with Crippen LogP contribution in [0.15, 0.2) is 30.6 Å². The average Bonchev–Trinajstić information content (AvgIpc) is 2.72. The number of benzene rings is 1. The molecule has 5 heteroatoms. The van der Waals surface area contributed by atoms with E-state index < -0.39 is 0 Å². The van der Waals surface area contributed by atoms with Gasteiger partial charge in [-0.25, -0.2) is 9.97 Å². The van der Waals surface area contributed by atoms with Gasteiger partial charge in [0.2, 0.25) is 5.95 Å². The smallest absolute Gasteiger partial charge is 0.225 e. The van der Waals surface area contributed by atoms with Crippen LogP contribution in [0.25, 0.3) is 11.1 Å². The molecule has 1 aromatic heterocycles. The number of hydrogen-bond donors (Lipinski definition) is 0. The first-order valence-electron chi connectivity index (χ1n) is 11.3. The van der Waals surface area contributed by atoms with Crippen molar-refractivity contribution in [2.45, 2.75) is 78.9 Å². The summed E-state index contributed by atoms with van der Waals surface area (Å²) in [7, 11) is 0. The number of nitrogens with zero attached hydrogens (tertiary/aromatic N) is 4. The highest BCUT2D eigenvalue weighted by Crippen LogP contribution is 2.28. The van der Waals surface area contributed by atoms with E-state index in [1.54, 1.807) is 6.92 Å². The number of anilines is 1. The van der Waals surface area contributed by atoms with Crippen LogP contribution in [0.4, 0.5) is 5.95 Å². The Bertz CT molecular complexity index is 848. The highest BCUT2D eigenvalue weighted by Gasteiger charge is 2.35. The number of piperazine rings is 1. The molecule has 1 aliphatic rings. The quantitative estimate of drug-likeness (QED) is 0.666. The van der Waals surface area contributed by atoms with Gasteiger partial charge in [0.25, 0.3) is 0 Å². The standard InChI is InChI=1S/C25H36N4O/c1-7-22-15-28(17(3)4)16-23(8-2)29(22)25-26-13-21(14-27-25)24-10-9-20(11-18(24)5)12-19(6)30/h9-11,13-14,17,22-23H,7-8,12,15-16H2,1-6H3. The van der Waals surface area contributed by atoms with Gasteiger partial charge in [0, 0.05) is 55.6 Å². The van der Waals surface area contributed by atoms with Gasteiger partial charge in [-0.05, 0) is 57.2 Å². The highest BCUT2D eigenvalue weighted by atomic mass is 16.1. The number of Topliss-reactive ketones (excluding diaryl/α,β-unsaturated/α-hetero) is 1. The summed E-state index contributed by atoms with van der Waals surface area (Å²) in [5.74, 6) is 1.02. The summed E-state index contributed by atoms with van der Waals surface area (Å²) in [5.41, 5.74) is 4.35. The second-order valence-electron chi connectivity index (χ2n) is 8.88. The third-order valence-corrected chi connectivity index (χ3v) is 6.27. The number of aryl methyl sites for hydroxylation is 1. The Labute approximate surface area is 181 Å². The first kappa shape index (κ1) is 22.4. The van der Waals surface area contributed by atoms with Crippen LogP contribution < -0.4 is 4.90 Å². The predicted octanol–water partition coefficient (Wildman–Crippen LogP) is 4.67. The molecule has 1 aliphatic heterocycles. The number of rotatable bonds is 7. The summed E-state index contributed by atoms with van der Waals surface area (Å²) in [5, 5.41) is 0. The SMILES string of the molecule is CCC1CN(C(C)C)CC(CC)N1c1ncc(-c2ccc(CC(C)=O)cc2C)cn1. The summed E-state index contributed by atoms with van der Waals surface area (Å²) >= 11 is 0. The maximum Gasteiger partial charge on any atom is 0.225 e. The lowest BCUT2D eigenvalue weighted by Gasteiger charge is -2.48. The van der Waals surface area contributed by atoms with Gasteiger partial charge in [0.15, 0.2) is 0 Å². The predicted molar refractivity (Wildman–Crippen MR) is 124 cm³/mol. The van der Waals surface area contributed by atoms with E-state index in [1.807, 2.05) is 18.5 Å². The Morgan fingerprint density at radius 3 is 2.17 bits per heavy atom.